The highest BCUT2D eigenvalue weighted by molar-refractivity contribution is 6.42. The van der Waals surface area contributed by atoms with Crippen molar-refractivity contribution in [3.8, 4) is 0 Å². The number of carbonyl (C=O) groups excluding carboxylic acids is 1. The van der Waals surface area contributed by atoms with E-state index in [1.807, 2.05) is 6.07 Å². The van der Waals surface area contributed by atoms with Crippen LogP contribution in [0.15, 0.2) is 18.2 Å². The Bertz CT molecular complexity index is 397. The fraction of sp³-hybridized carbons (Fsp3) is 0.462. The number of carbonyl (C=O) groups is 1. The van der Waals surface area contributed by atoms with Crippen LogP contribution in [-0.4, -0.2) is 5.78 Å². The van der Waals surface area contributed by atoms with Gasteiger partial charge in [0.05, 0.1) is 10.0 Å². The van der Waals surface area contributed by atoms with Crippen molar-refractivity contribution < 1.29 is 4.79 Å². The van der Waals surface area contributed by atoms with E-state index in [4.69, 9.17) is 23.2 Å². The molecule has 0 saturated heterocycles. The Morgan fingerprint density at radius 1 is 1.25 bits per heavy atom. The minimum absolute atomic E-state index is 0.297. The zero-order valence-corrected chi connectivity index (χ0v) is 10.5. The van der Waals surface area contributed by atoms with Crippen molar-refractivity contribution in [2.24, 2.45) is 5.92 Å². The molecule has 0 aromatic heterocycles. The summed E-state index contributed by atoms with van der Waals surface area (Å²) in [5.41, 5.74) is 0.954. The second-order valence-electron chi connectivity index (χ2n) is 4.45. The number of hydrogen-bond donors (Lipinski definition) is 0. The Labute approximate surface area is 106 Å². The fourth-order valence-corrected chi connectivity index (χ4v) is 2.06. The zero-order chi connectivity index (χ0) is 11.5. The molecular formula is C13H14Cl2O. The molecule has 0 amide bonds. The molecule has 1 nitrogen and oxygen atoms in total. The van der Waals surface area contributed by atoms with E-state index < -0.39 is 0 Å². The van der Waals surface area contributed by atoms with Gasteiger partial charge in [-0.25, -0.2) is 0 Å². The van der Waals surface area contributed by atoms with Crippen molar-refractivity contribution in [1.29, 1.82) is 0 Å². The van der Waals surface area contributed by atoms with Crippen LogP contribution >= 0.6 is 23.2 Å². The third kappa shape index (κ3) is 3.50. The highest BCUT2D eigenvalue weighted by atomic mass is 35.5. The Morgan fingerprint density at radius 3 is 2.62 bits per heavy atom. The molecule has 1 saturated carbocycles. The van der Waals surface area contributed by atoms with Crippen LogP contribution in [0.3, 0.4) is 0 Å². The van der Waals surface area contributed by atoms with Gasteiger partial charge in [0.1, 0.15) is 5.78 Å². The lowest BCUT2D eigenvalue weighted by molar-refractivity contribution is -0.118. The molecule has 0 atom stereocenters. The van der Waals surface area contributed by atoms with Crippen LogP contribution in [0.5, 0.6) is 0 Å². The molecule has 0 aliphatic heterocycles. The van der Waals surface area contributed by atoms with E-state index in [1.54, 1.807) is 12.1 Å². The van der Waals surface area contributed by atoms with E-state index in [2.05, 4.69) is 0 Å². The maximum Gasteiger partial charge on any atom is 0.137 e. The summed E-state index contributed by atoms with van der Waals surface area (Å²) in [6.07, 6.45) is 4.84. The molecule has 1 fully saturated rings. The van der Waals surface area contributed by atoms with Crippen LogP contribution in [0.25, 0.3) is 0 Å². The maximum atomic E-state index is 11.7. The normalized spacial score (nSPS) is 15.1. The predicted octanol–water partition coefficient (Wildman–Crippen LogP) is 4.30. The van der Waals surface area contributed by atoms with Gasteiger partial charge in [-0.15, -0.1) is 0 Å². The van der Waals surface area contributed by atoms with E-state index in [-0.39, 0.29) is 0 Å². The fourth-order valence-electron chi connectivity index (χ4n) is 1.74. The lowest BCUT2D eigenvalue weighted by Gasteiger charge is -2.02. The number of benzene rings is 1. The van der Waals surface area contributed by atoms with Gasteiger partial charge in [0.25, 0.3) is 0 Å². The number of halogens is 2. The minimum Gasteiger partial charge on any atom is -0.299 e. The topological polar surface area (TPSA) is 17.1 Å². The molecule has 1 aliphatic carbocycles. The molecular weight excluding hydrogens is 243 g/mol. The summed E-state index contributed by atoms with van der Waals surface area (Å²) in [6, 6.07) is 5.38. The highest BCUT2D eigenvalue weighted by Crippen LogP contribution is 2.33. The molecule has 0 bridgehead atoms. The summed E-state index contributed by atoms with van der Waals surface area (Å²) in [4.78, 5) is 11.7. The van der Waals surface area contributed by atoms with Gasteiger partial charge in [-0.2, -0.15) is 0 Å². The number of Topliss-reactive ketones (excluding diaryl/α,β-unsaturated/α-hetero) is 1. The van der Waals surface area contributed by atoms with Crippen molar-refractivity contribution in [3.63, 3.8) is 0 Å². The molecule has 3 heteroatoms. The third-order valence-corrected chi connectivity index (χ3v) is 3.65. The molecule has 0 radical (unpaired) electrons. The van der Waals surface area contributed by atoms with Crippen LogP contribution in [0.4, 0.5) is 0 Å². The van der Waals surface area contributed by atoms with Crippen LogP contribution in [0.2, 0.25) is 10.0 Å². The Kier molecular flexibility index (Phi) is 3.88. The van der Waals surface area contributed by atoms with E-state index in [0.29, 0.717) is 28.7 Å². The first-order valence-corrected chi connectivity index (χ1v) is 6.36. The van der Waals surface area contributed by atoms with Gasteiger partial charge >= 0.3 is 0 Å². The summed E-state index contributed by atoms with van der Waals surface area (Å²) in [6.45, 7) is 0. The summed E-state index contributed by atoms with van der Waals surface area (Å²) in [5.74, 6) is 1.11. The number of ketones is 1. The molecule has 86 valence electrons. The summed E-state index contributed by atoms with van der Waals surface area (Å²) < 4.78 is 0. The quantitative estimate of drug-likeness (QED) is 0.768. The van der Waals surface area contributed by atoms with Crippen molar-refractivity contribution >= 4 is 29.0 Å². The van der Waals surface area contributed by atoms with Gasteiger partial charge in [-0.05, 0) is 30.0 Å². The number of hydrogen-bond acceptors (Lipinski definition) is 1. The van der Waals surface area contributed by atoms with Gasteiger partial charge in [0.15, 0.2) is 0 Å². The van der Waals surface area contributed by atoms with Crippen LogP contribution in [-0.2, 0) is 11.2 Å². The van der Waals surface area contributed by atoms with Crippen molar-refractivity contribution in [1.82, 2.24) is 0 Å². The monoisotopic (exact) mass is 256 g/mol. The van der Waals surface area contributed by atoms with E-state index >= 15 is 0 Å². The SMILES string of the molecule is O=C(CCC1CC1)Cc1ccc(Cl)c(Cl)c1. The largest absolute Gasteiger partial charge is 0.299 e. The van der Waals surface area contributed by atoms with Crippen LogP contribution in [0.1, 0.15) is 31.2 Å². The molecule has 2 rings (SSSR count). The van der Waals surface area contributed by atoms with E-state index in [0.717, 1.165) is 17.9 Å². The van der Waals surface area contributed by atoms with Gasteiger partial charge in [0.2, 0.25) is 0 Å². The summed E-state index contributed by atoms with van der Waals surface area (Å²) in [5, 5.41) is 1.06. The second-order valence-corrected chi connectivity index (χ2v) is 5.26. The van der Waals surface area contributed by atoms with Crippen LogP contribution < -0.4 is 0 Å². The average molecular weight is 257 g/mol. The molecule has 0 N–H and O–H groups in total. The molecule has 0 spiro atoms. The first-order chi connectivity index (χ1) is 7.65. The molecule has 0 heterocycles. The molecule has 0 unspecified atom stereocenters. The van der Waals surface area contributed by atoms with Crippen molar-refractivity contribution in [2.45, 2.75) is 32.1 Å². The first-order valence-electron chi connectivity index (χ1n) is 5.61. The van der Waals surface area contributed by atoms with Gasteiger partial charge in [0, 0.05) is 12.8 Å². The van der Waals surface area contributed by atoms with Gasteiger partial charge in [-0.3, -0.25) is 4.79 Å². The highest BCUT2D eigenvalue weighted by Gasteiger charge is 2.21. The molecule has 1 aromatic carbocycles. The van der Waals surface area contributed by atoms with Crippen molar-refractivity contribution in [2.75, 3.05) is 0 Å². The Morgan fingerprint density at radius 2 is 2.00 bits per heavy atom. The minimum atomic E-state index is 0.297. The summed E-state index contributed by atoms with van der Waals surface area (Å²) in [7, 11) is 0. The standard InChI is InChI=1S/C13H14Cl2O/c14-12-6-4-10(8-13(12)15)7-11(16)5-3-9-1-2-9/h4,6,8-9H,1-3,5,7H2. The number of rotatable bonds is 5. The lowest BCUT2D eigenvalue weighted by atomic mass is 10.0. The molecule has 1 aliphatic rings. The first kappa shape index (κ1) is 11.9. The van der Waals surface area contributed by atoms with Gasteiger partial charge in [-0.1, -0.05) is 42.1 Å². The zero-order valence-electron chi connectivity index (χ0n) is 9.01. The van der Waals surface area contributed by atoms with Crippen molar-refractivity contribution in [3.05, 3.63) is 33.8 Å². The molecule has 16 heavy (non-hydrogen) atoms. The molecule has 1 aromatic rings. The predicted molar refractivity (Wildman–Crippen MR) is 67.1 cm³/mol. The van der Waals surface area contributed by atoms with E-state index in [9.17, 15) is 4.79 Å². The third-order valence-electron chi connectivity index (χ3n) is 2.91. The van der Waals surface area contributed by atoms with Gasteiger partial charge < -0.3 is 0 Å². The Hall–Kier alpha value is -0.530. The average Bonchev–Trinajstić information content (AvgIpc) is 3.04. The van der Waals surface area contributed by atoms with E-state index in [1.165, 1.54) is 12.8 Å². The smallest absolute Gasteiger partial charge is 0.137 e. The maximum absolute atomic E-state index is 11.7. The van der Waals surface area contributed by atoms with Crippen LogP contribution in [0, 0.1) is 5.92 Å². The lowest BCUT2D eigenvalue weighted by Crippen LogP contribution is -2.02. The summed E-state index contributed by atoms with van der Waals surface area (Å²) >= 11 is 11.7. The second kappa shape index (κ2) is 5.20. The Balaban J connectivity index is 1.86.